The van der Waals surface area contributed by atoms with Crippen LogP contribution in [-0.4, -0.2) is 28.0 Å². The Labute approximate surface area is 141 Å². The van der Waals surface area contributed by atoms with Gasteiger partial charge in [-0.15, -0.1) is 0 Å². The molecule has 24 heavy (non-hydrogen) atoms. The Morgan fingerprint density at radius 3 is 2.96 bits per heavy atom. The van der Waals surface area contributed by atoms with Gasteiger partial charge in [-0.25, -0.2) is 9.97 Å². The summed E-state index contributed by atoms with van der Waals surface area (Å²) in [6.45, 7) is 1.94. The standard InChI is InChI=1S/C18H22N4O2/c1-2-16(24-14-6-4-3-5-7-14)17(23)21-13-8-9-15-12(10-13)11-20-18(19)22-15/h3-7,11,13,16H,2,8-10H2,1H3,(H,21,23)(H2,19,20,22). The molecule has 0 bridgehead atoms. The summed E-state index contributed by atoms with van der Waals surface area (Å²) in [6, 6.07) is 9.49. The second-order valence-corrected chi connectivity index (χ2v) is 5.98. The fourth-order valence-corrected chi connectivity index (χ4v) is 2.93. The van der Waals surface area contributed by atoms with Crippen molar-refractivity contribution in [1.29, 1.82) is 0 Å². The molecule has 1 aliphatic carbocycles. The number of hydrogen-bond donors (Lipinski definition) is 2. The zero-order valence-corrected chi connectivity index (χ0v) is 13.7. The van der Waals surface area contributed by atoms with E-state index >= 15 is 0 Å². The monoisotopic (exact) mass is 326 g/mol. The number of fused-ring (bicyclic) bond motifs is 1. The van der Waals surface area contributed by atoms with Gasteiger partial charge < -0.3 is 15.8 Å². The topological polar surface area (TPSA) is 90.1 Å². The number of benzene rings is 1. The van der Waals surface area contributed by atoms with Crippen LogP contribution in [0.5, 0.6) is 5.75 Å². The van der Waals surface area contributed by atoms with Crippen molar-refractivity contribution in [3.05, 3.63) is 47.8 Å². The van der Waals surface area contributed by atoms with Gasteiger partial charge in [0.2, 0.25) is 5.95 Å². The Bertz CT molecular complexity index is 705. The first-order chi connectivity index (χ1) is 11.7. The molecule has 0 radical (unpaired) electrons. The molecule has 2 aromatic rings. The third-order valence-corrected chi connectivity index (χ3v) is 4.20. The first kappa shape index (κ1) is 16.2. The Kier molecular flexibility index (Phi) is 4.93. The van der Waals surface area contributed by atoms with Crippen molar-refractivity contribution in [2.24, 2.45) is 0 Å². The highest BCUT2D eigenvalue weighted by molar-refractivity contribution is 5.81. The summed E-state index contributed by atoms with van der Waals surface area (Å²) in [6.07, 6.45) is 4.25. The Balaban J connectivity index is 1.60. The molecule has 1 aliphatic rings. The zero-order valence-electron chi connectivity index (χ0n) is 13.7. The van der Waals surface area contributed by atoms with Gasteiger partial charge in [0, 0.05) is 17.9 Å². The predicted molar refractivity (Wildman–Crippen MR) is 91.5 cm³/mol. The van der Waals surface area contributed by atoms with Crippen molar-refractivity contribution >= 4 is 11.9 Å². The highest BCUT2D eigenvalue weighted by atomic mass is 16.5. The number of nitrogen functional groups attached to an aromatic ring is 1. The Morgan fingerprint density at radius 2 is 2.21 bits per heavy atom. The minimum absolute atomic E-state index is 0.0747. The Morgan fingerprint density at radius 1 is 1.42 bits per heavy atom. The van der Waals surface area contributed by atoms with E-state index in [0.717, 1.165) is 30.5 Å². The number of nitrogens with zero attached hydrogens (tertiary/aromatic N) is 2. The minimum atomic E-state index is -0.489. The average Bonchev–Trinajstić information content (AvgIpc) is 2.60. The van der Waals surface area contributed by atoms with E-state index in [1.807, 2.05) is 37.3 Å². The lowest BCUT2D eigenvalue weighted by molar-refractivity contribution is -0.128. The van der Waals surface area contributed by atoms with E-state index in [1.165, 1.54) is 0 Å². The highest BCUT2D eigenvalue weighted by Gasteiger charge is 2.25. The smallest absolute Gasteiger partial charge is 0.261 e. The molecule has 1 amide bonds. The molecular weight excluding hydrogens is 304 g/mol. The number of aryl methyl sites for hydroxylation is 1. The number of anilines is 1. The van der Waals surface area contributed by atoms with Gasteiger partial charge in [0.25, 0.3) is 5.91 Å². The van der Waals surface area contributed by atoms with E-state index in [2.05, 4.69) is 15.3 Å². The molecule has 2 atom stereocenters. The molecule has 1 aromatic heterocycles. The molecule has 1 heterocycles. The van der Waals surface area contributed by atoms with Crippen molar-refractivity contribution in [3.63, 3.8) is 0 Å². The van der Waals surface area contributed by atoms with Gasteiger partial charge in [-0.1, -0.05) is 25.1 Å². The summed E-state index contributed by atoms with van der Waals surface area (Å²) < 4.78 is 5.80. The molecule has 0 spiro atoms. The molecule has 1 aromatic carbocycles. The summed E-state index contributed by atoms with van der Waals surface area (Å²) >= 11 is 0. The highest BCUT2D eigenvalue weighted by Crippen LogP contribution is 2.20. The number of carbonyl (C=O) groups is 1. The normalized spacial score (nSPS) is 17.6. The van der Waals surface area contributed by atoms with E-state index in [4.69, 9.17) is 10.5 Å². The van der Waals surface area contributed by atoms with Gasteiger partial charge in [-0.3, -0.25) is 4.79 Å². The number of para-hydroxylation sites is 1. The van der Waals surface area contributed by atoms with E-state index in [0.29, 0.717) is 18.1 Å². The molecule has 3 N–H and O–H groups in total. The summed E-state index contributed by atoms with van der Waals surface area (Å²) in [5.74, 6) is 0.932. The number of nitrogens with one attached hydrogen (secondary N) is 1. The van der Waals surface area contributed by atoms with E-state index in [9.17, 15) is 4.79 Å². The van der Waals surface area contributed by atoms with Gasteiger partial charge in [0.1, 0.15) is 5.75 Å². The average molecular weight is 326 g/mol. The number of nitrogens with two attached hydrogens (primary N) is 1. The summed E-state index contributed by atoms with van der Waals surface area (Å²) in [4.78, 5) is 20.8. The predicted octanol–water partition coefficient (Wildman–Crippen LogP) is 1.89. The molecular formula is C18H22N4O2. The van der Waals surface area contributed by atoms with Gasteiger partial charge in [0.05, 0.1) is 0 Å². The van der Waals surface area contributed by atoms with Crippen LogP contribution in [0.3, 0.4) is 0 Å². The molecule has 126 valence electrons. The van der Waals surface area contributed by atoms with Crippen molar-refractivity contribution in [3.8, 4) is 5.75 Å². The number of amides is 1. The van der Waals surface area contributed by atoms with Gasteiger partial charge in [-0.05, 0) is 43.4 Å². The molecule has 0 saturated carbocycles. The Hall–Kier alpha value is -2.63. The first-order valence-electron chi connectivity index (χ1n) is 8.28. The SMILES string of the molecule is CCC(Oc1ccccc1)C(=O)NC1CCc2nc(N)ncc2C1. The van der Waals surface area contributed by atoms with Crippen LogP contribution < -0.4 is 15.8 Å². The second-order valence-electron chi connectivity index (χ2n) is 5.98. The maximum absolute atomic E-state index is 12.5. The molecule has 3 rings (SSSR count). The summed E-state index contributed by atoms with van der Waals surface area (Å²) in [5.41, 5.74) is 7.66. The quantitative estimate of drug-likeness (QED) is 0.876. The summed E-state index contributed by atoms with van der Waals surface area (Å²) in [7, 11) is 0. The number of carbonyl (C=O) groups excluding carboxylic acids is 1. The van der Waals surface area contributed by atoms with Crippen molar-refractivity contribution < 1.29 is 9.53 Å². The maximum Gasteiger partial charge on any atom is 0.261 e. The molecule has 2 unspecified atom stereocenters. The largest absolute Gasteiger partial charge is 0.481 e. The third-order valence-electron chi connectivity index (χ3n) is 4.20. The first-order valence-corrected chi connectivity index (χ1v) is 8.28. The van der Waals surface area contributed by atoms with Crippen LogP contribution in [0.4, 0.5) is 5.95 Å². The van der Waals surface area contributed by atoms with E-state index in [1.54, 1.807) is 6.20 Å². The molecule has 0 fully saturated rings. The van der Waals surface area contributed by atoms with Crippen molar-refractivity contribution in [1.82, 2.24) is 15.3 Å². The minimum Gasteiger partial charge on any atom is -0.481 e. The summed E-state index contributed by atoms with van der Waals surface area (Å²) in [5, 5.41) is 3.09. The number of rotatable bonds is 5. The molecule has 0 saturated heterocycles. The fourth-order valence-electron chi connectivity index (χ4n) is 2.93. The van der Waals surface area contributed by atoms with Crippen molar-refractivity contribution in [2.75, 3.05) is 5.73 Å². The lowest BCUT2D eigenvalue weighted by Crippen LogP contribution is -2.45. The number of aromatic nitrogens is 2. The van der Waals surface area contributed by atoms with Gasteiger partial charge >= 0.3 is 0 Å². The van der Waals surface area contributed by atoms with Crippen molar-refractivity contribution in [2.45, 2.75) is 44.8 Å². The lowest BCUT2D eigenvalue weighted by Gasteiger charge is -2.26. The molecule has 6 nitrogen and oxygen atoms in total. The van der Waals surface area contributed by atoms with Crippen LogP contribution in [0.2, 0.25) is 0 Å². The zero-order chi connectivity index (χ0) is 16.9. The van der Waals surface area contributed by atoms with Crippen LogP contribution in [-0.2, 0) is 17.6 Å². The lowest BCUT2D eigenvalue weighted by atomic mass is 9.92. The fraction of sp³-hybridized carbons (Fsp3) is 0.389. The van der Waals surface area contributed by atoms with Crippen LogP contribution in [0, 0.1) is 0 Å². The number of ether oxygens (including phenoxy) is 1. The van der Waals surface area contributed by atoms with E-state index in [-0.39, 0.29) is 11.9 Å². The second kappa shape index (κ2) is 7.29. The van der Waals surface area contributed by atoms with Crippen LogP contribution in [0.25, 0.3) is 0 Å². The third kappa shape index (κ3) is 3.82. The van der Waals surface area contributed by atoms with Crippen LogP contribution in [0.1, 0.15) is 31.0 Å². The number of hydrogen-bond acceptors (Lipinski definition) is 5. The van der Waals surface area contributed by atoms with E-state index < -0.39 is 6.10 Å². The van der Waals surface area contributed by atoms with Crippen LogP contribution in [0.15, 0.2) is 36.5 Å². The maximum atomic E-state index is 12.5. The van der Waals surface area contributed by atoms with Gasteiger partial charge in [-0.2, -0.15) is 0 Å². The van der Waals surface area contributed by atoms with Gasteiger partial charge in [0.15, 0.2) is 6.10 Å². The molecule has 6 heteroatoms. The van der Waals surface area contributed by atoms with Crippen LogP contribution >= 0.6 is 0 Å². The molecule has 0 aliphatic heterocycles.